The lowest BCUT2D eigenvalue weighted by Crippen LogP contribution is -2.39. The molecule has 0 radical (unpaired) electrons. The Hall–Kier alpha value is -2.48. The van der Waals surface area contributed by atoms with E-state index in [0.717, 1.165) is 30.8 Å². The number of fused-ring (bicyclic) bond motifs is 1. The maximum absolute atomic E-state index is 12.5. The van der Waals surface area contributed by atoms with Crippen molar-refractivity contribution in [3.05, 3.63) is 50.0 Å². The van der Waals surface area contributed by atoms with E-state index in [1.807, 2.05) is 17.9 Å². The van der Waals surface area contributed by atoms with Gasteiger partial charge in [-0.25, -0.2) is 14.5 Å². The monoisotopic (exact) mass is 357 g/mol. The first-order valence-electron chi connectivity index (χ1n) is 8.31. The van der Waals surface area contributed by atoms with Crippen LogP contribution in [0.5, 0.6) is 0 Å². The fourth-order valence-electron chi connectivity index (χ4n) is 3.34. The van der Waals surface area contributed by atoms with Gasteiger partial charge in [-0.2, -0.15) is 0 Å². The molecule has 0 aliphatic carbocycles. The average molecular weight is 357 g/mol. The molecule has 1 fully saturated rings. The van der Waals surface area contributed by atoms with Gasteiger partial charge in [0, 0.05) is 47.4 Å². The molecule has 25 heavy (non-hydrogen) atoms. The molecule has 1 amide bonds. The van der Waals surface area contributed by atoms with Gasteiger partial charge in [0.15, 0.2) is 5.65 Å². The van der Waals surface area contributed by atoms with Crippen molar-refractivity contribution in [3.8, 4) is 0 Å². The zero-order valence-corrected chi connectivity index (χ0v) is 15.0. The molecule has 8 heteroatoms. The third-order valence-corrected chi connectivity index (χ3v) is 5.49. The van der Waals surface area contributed by atoms with Gasteiger partial charge < -0.3 is 4.90 Å². The summed E-state index contributed by atoms with van der Waals surface area (Å²) >= 11 is 1.43. The van der Waals surface area contributed by atoms with Crippen molar-refractivity contribution < 1.29 is 4.79 Å². The molecule has 3 aromatic heterocycles. The van der Waals surface area contributed by atoms with Gasteiger partial charge in [0.2, 0.25) is 0 Å². The summed E-state index contributed by atoms with van der Waals surface area (Å²) in [6, 6.07) is 1.93. The van der Waals surface area contributed by atoms with Crippen LogP contribution < -0.4 is 5.56 Å². The number of hydrogen-bond acceptors (Lipinski definition) is 5. The number of rotatable bonds is 2. The quantitative estimate of drug-likeness (QED) is 0.761. The number of carbonyl (C=O) groups is 1. The van der Waals surface area contributed by atoms with Crippen molar-refractivity contribution in [2.45, 2.75) is 32.6 Å². The number of thiazole rings is 1. The van der Waals surface area contributed by atoms with Crippen molar-refractivity contribution in [2.24, 2.45) is 0 Å². The van der Waals surface area contributed by atoms with E-state index in [4.69, 9.17) is 0 Å². The fourth-order valence-corrected chi connectivity index (χ4v) is 3.87. The van der Waals surface area contributed by atoms with Gasteiger partial charge in [-0.3, -0.25) is 14.7 Å². The molecule has 130 valence electrons. The molecule has 1 aliphatic rings. The number of carbonyl (C=O) groups excluding carboxylic acids is 1. The van der Waals surface area contributed by atoms with Crippen LogP contribution in [0.2, 0.25) is 0 Å². The Balaban J connectivity index is 1.63. The summed E-state index contributed by atoms with van der Waals surface area (Å²) < 4.78 is 1.50. The molecule has 1 atom stereocenters. The molecular weight excluding hydrogens is 338 g/mol. The molecule has 1 N–H and O–H groups in total. The molecule has 0 aromatic carbocycles. The van der Waals surface area contributed by atoms with Crippen LogP contribution in [0, 0.1) is 13.8 Å². The van der Waals surface area contributed by atoms with Crippen LogP contribution in [-0.2, 0) is 0 Å². The molecule has 0 saturated carbocycles. The maximum Gasteiger partial charge on any atom is 0.275 e. The van der Waals surface area contributed by atoms with E-state index < -0.39 is 0 Å². The fraction of sp³-hybridized carbons (Fsp3) is 0.412. The standard InChI is InChI=1S/C17H19N5O2S/c1-10-11(2)19-15-6-13(20-22(15)16(10)23)12-4-3-5-21(7-12)17(24)14-8-25-9-18-14/h6,8-9,12,20H,3-5,7H2,1-2H3. The van der Waals surface area contributed by atoms with Crippen LogP contribution in [0.1, 0.15) is 46.2 Å². The van der Waals surface area contributed by atoms with E-state index in [1.165, 1.54) is 15.9 Å². The molecule has 4 rings (SSSR count). The average Bonchev–Trinajstić information content (AvgIpc) is 3.29. The lowest BCUT2D eigenvalue weighted by atomic mass is 9.94. The number of nitrogens with zero attached hydrogens (tertiary/aromatic N) is 4. The first kappa shape index (κ1) is 16.0. The van der Waals surface area contributed by atoms with Crippen molar-refractivity contribution in [2.75, 3.05) is 13.1 Å². The van der Waals surface area contributed by atoms with E-state index in [0.29, 0.717) is 23.4 Å². The largest absolute Gasteiger partial charge is 0.337 e. The molecule has 1 unspecified atom stereocenters. The molecule has 4 heterocycles. The van der Waals surface area contributed by atoms with Crippen molar-refractivity contribution in [3.63, 3.8) is 0 Å². The second-order valence-corrected chi connectivity index (χ2v) is 7.22. The van der Waals surface area contributed by atoms with Crippen LogP contribution in [0.4, 0.5) is 0 Å². The highest BCUT2D eigenvalue weighted by Gasteiger charge is 2.27. The van der Waals surface area contributed by atoms with E-state index in [9.17, 15) is 9.59 Å². The Bertz CT molecular complexity index is 989. The normalized spacial score (nSPS) is 18.0. The van der Waals surface area contributed by atoms with Crippen LogP contribution in [0.25, 0.3) is 5.65 Å². The Kier molecular flexibility index (Phi) is 3.91. The van der Waals surface area contributed by atoms with E-state index in [-0.39, 0.29) is 17.4 Å². The van der Waals surface area contributed by atoms with E-state index in [2.05, 4.69) is 15.1 Å². The summed E-state index contributed by atoms with van der Waals surface area (Å²) in [5.41, 5.74) is 5.09. The highest BCUT2D eigenvalue weighted by atomic mass is 32.1. The number of nitrogens with one attached hydrogen (secondary N) is 1. The van der Waals surface area contributed by atoms with Crippen molar-refractivity contribution >= 4 is 22.9 Å². The second kappa shape index (κ2) is 6.11. The van der Waals surface area contributed by atoms with E-state index >= 15 is 0 Å². The smallest absolute Gasteiger partial charge is 0.275 e. The molecule has 7 nitrogen and oxygen atoms in total. The van der Waals surface area contributed by atoms with Gasteiger partial charge in [-0.1, -0.05) is 0 Å². The first-order chi connectivity index (χ1) is 12.0. The SMILES string of the molecule is Cc1nc2cc(C3CCCN(C(=O)c4cscn4)C3)[nH]n2c(=O)c1C. The third-order valence-electron chi connectivity index (χ3n) is 4.90. The van der Waals surface area contributed by atoms with Gasteiger partial charge in [-0.15, -0.1) is 11.3 Å². The van der Waals surface area contributed by atoms with Gasteiger partial charge in [-0.05, 0) is 26.7 Å². The summed E-state index contributed by atoms with van der Waals surface area (Å²) in [5.74, 6) is 0.141. The number of hydrogen-bond donors (Lipinski definition) is 1. The van der Waals surface area contributed by atoms with Crippen molar-refractivity contribution in [1.29, 1.82) is 0 Å². The summed E-state index contributed by atoms with van der Waals surface area (Å²) in [4.78, 5) is 35.4. The molecule has 3 aromatic rings. The summed E-state index contributed by atoms with van der Waals surface area (Å²) in [6.07, 6.45) is 1.90. The van der Waals surface area contributed by atoms with Gasteiger partial charge >= 0.3 is 0 Å². The number of aromatic amines is 1. The number of aryl methyl sites for hydroxylation is 1. The lowest BCUT2D eigenvalue weighted by Gasteiger charge is -2.31. The lowest BCUT2D eigenvalue weighted by molar-refractivity contribution is 0.0700. The number of amides is 1. The zero-order valence-electron chi connectivity index (χ0n) is 14.2. The van der Waals surface area contributed by atoms with Crippen LogP contribution in [-0.4, -0.2) is 43.5 Å². The number of piperidine rings is 1. The number of H-pyrrole nitrogens is 1. The summed E-state index contributed by atoms with van der Waals surface area (Å²) in [7, 11) is 0. The van der Waals surface area contributed by atoms with Gasteiger partial charge in [0.1, 0.15) is 5.69 Å². The predicted octanol–water partition coefficient (Wildman–Crippen LogP) is 2.12. The Labute approximate surface area is 148 Å². The molecule has 0 spiro atoms. The number of likely N-dealkylation sites (tertiary alicyclic amines) is 1. The third kappa shape index (κ3) is 2.76. The molecule has 1 saturated heterocycles. The Morgan fingerprint density at radius 2 is 2.24 bits per heavy atom. The first-order valence-corrected chi connectivity index (χ1v) is 9.25. The maximum atomic E-state index is 12.5. The van der Waals surface area contributed by atoms with E-state index in [1.54, 1.807) is 17.8 Å². The molecular formula is C17H19N5O2S. The minimum Gasteiger partial charge on any atom is -0.337 e. The molecule has 0 bridgehead atoms. The Morgan fingerprint density at radius 3 is 3.00 bits per heavy atom. The minimum atomic E-state index is -0.0695. The highest BCUT2D eigenvalue weighted by Crippen LogP contribution is 2.27. The number of aromatic nitrogens is 4. The zero-order chi connectivity index (χ0) is 17.6. The predicted molar refractivity (Wildman–Crippen MR) is 95.3 cm³/mol. The Morgan fingerprint density at radius 1 is 1.40 bits per heavy atom. The summed E-state index contributed by atoms with van der Waals surface area (Å²) in [5, 5.41) is 4.97. The van der Waals surface area contributed by atoms with Crippen molar-refractivity contribution in [1.82, 2.24) is 24.5 Å². The second-order valence-electron chi connectivity index (χ2n) is 6.50. The minimum absolute atomic E-state index is 0.0240. The topological polar surface area (TPSA) is 83.4 Å². The summed E-state index contributed by atoms with van der Waals surface area (Å²) in [6.45, 7) is 4.99. The van der Waals surface area contributed by atoms with Gasteiger partial charge in [0.25, 0.3) is 11.5 Å². The van der Waals surface area contributed by atoms with Crippen LogP contribution in [0.15, 0.2) is 21.8 Å². The molecule has 1 aliphatic heterocycles. The van der Waals surface area contributed by atoms with Crippen LogP contribution in [0.3, 0.4) is 0 Å². The van der Waals surface area contributed by atoms with Gasteiger partial charge in [0.05, 0.1) is 5.51 Å². The highest BCUT2D eigenvalue weighted by molar-refractivity contribution is 7.07. The van der Waals surface area contributed by atoms with Crippen LogP contribution >= 0.6 is 11.3 Å².